The molecule has 154 valence electrons. The monoisotopic (exact) mass is 393 g/mol. The standard InChI is InChI=1S/C24H31N3O2/c1-3-18-9-7-8-17(2)23(18)25-16-22(28)26-21-14-12-19(13-15-21)24(29)27-20-10-5-4-6-11-20/h7-9,12-15,20,25H,3-6,10-11,16H2,1-2H3,(H,26,28)(H,27,29). The summed E-state index contributed by atoms with van der Waals surface area (Å²) < 4.78 is 0. The Hall–Kier alpha value is -2.82. The summed E-state index contributed by atoms with van der Waals surface area (Å²) in [6.07, 6.45) is 6.68. The van der Waals surface area contributed by atoms with Gasteiger partial charge in [-0.2, -0.15) is 0 Å². The van der Waals surface area contributed by atoms with Gasteiger partial charge < -0.3 is 16.0 Å². The number of hydrogen-bond donors (Lipinski definition) is 3. The second-order valence-electron chi connectivity index (χ2n) is 7.75. The van der Waals surface area contributed by atoms with E-state index in [0.29, 0.717) is 11.3 Å². The van der Waals surface area contributed by atoms with Crippen LogP contribution in [0.2, 0.25) is 0 Å². The van der Waals surface area contributed by atoms with E-state index in [1.54, 1.807) is 24.3 Å². The highest BCUT2D eigenvalue weighted by molar-refractivity contribution is 5.96. The molecule has 0 saturated heterocycles. The molecule has 0 unspecified atom stereocenters. The zero-order valence-electron chi connectivity index (χ0n) is 17.4. The Kier molecular flexibility index (Phi) is 7.28. The highest BCUT2D eigenvalue weighted by atomic mass is 16.2. The summed E-state index contributed by atoms with van der Waals surface area (Å²) in [6.45, 7) is 4.34. The fourth-order valence-electron chi connectivity index (χ4n) is 3.87. The van der Waals surface area contributed by atoms with Gasteiger partial charge in [-0.3, -0.25) is 9.59 Å². The number of amides is 2. The Morgan fingerprint density at radius 1 is 1.00 bits per heavy atom. The molecule has 2 aromatic rings. The first kappa shape index (κ1) is 20.9. The molecule has 0 atom stereocenters. The van der Waals surface area contributed by atoms with Gasteiger partial charge in [-0.15, -0.1) is 0 Å². The van der Waals surface area contributed by atoms with Crippen LogP contribution < -0.4 is 16.0 Å². The zero-order chi connectivity index (χ0) is 20.6. The lowest BCUT2D eigenvalue weighted by Gasteiger charge is -2.22. The fourth-order valence-corrected chi connectivity index (χ4v) is 3.87. The minimum atomic E-state index is -0.116. The highest BCUT2D eigenvalue weighted by Gasteiger charge is 2.16. The Labute approximate surface area is 173 Å². The topological polar surface area (TPSA) is 70.2 Å². The van der Waals surface area contributed by atoms with E-state index >= 15 is 0 Å². The van der Waals surface area contributed by atoms with Crippen molar-refractivity contribution in [3.05, 3.63) is 59.2 Å². The third kappa shape index (κ3) is 5.83. The second-order valence-corrected chi connectivity index (χ2v) is 7.75. The predicted octanol–water partition coefficient (Wildman–Crippen LogP) is 4.67. The number of carbonyl (C=O) groups is 2. The number of carbonyl (C=O) groups excluding carboxylic acids is 2. The van der Waals surface area contributed by atoms with Crippen molar-refractivity contribution in [2.24, 2.45) is 0 Å². The SMILES string of the molecule is CCc1cccc(C)c1NCC(=O)Nc1ccc(C(=O)NC2CCCCC2)cc1. The van der Waals surface area contributed by atoms with Crippen LogP contribution in [-0.2, 0) is 11.2 Å². The van der Waals surface area contributed by atoms with Crippen molar-refractivity contribution in [1.82, 2.24) is 5.32 Å². The van der Waals surface area contributed by atoms with E-state index < -0.39 is 0 Å². The van der Waals surface area contributed by atoms with Crippen molar-refractivity contribution in [1.29, 1.82) is 0 Å². The molecule has 0 radical (unpaired) electrons. The molecule has 0 heterocycles. The first-order chi connectivity index (χ1) is 14.1. The summed E-state index contributed by atoms with van der Waals surface area (Å²) >= 11 is 0. The summed E-state index contributed by atoms with van der Waals surface area (Å²) in [5, 5.41) is 9.25. The van der Waals surface area contributed by atoms with Crippen LogP contribution in [0, 0.1) is 6.92 Å². The molecule has 5 heteroatoms. The van der Waals surface area contributed by atoms with Crippen LogP contribution in [0.3, 0.4) is 0 Å². The van der Waals surface area contributed by atoms with Gasteiger partial charge in [-0.05, 0) is 61.6 Å². The normalized spacial score (nSPS) is 14.3. The lowest BCUT2D eigenvalue weighted by molar-refractivity contribution is -0.114. The van der Waals surface area contributed by atoms with Gasteiger partial charge in [0, 0.05) is 23.0 Å². The van der Waals surface area contributed by atoms with Gasteiger partial charge in [0.2, 0.25) is 5.91 Å². The number of para-hydroxylation sites is 1. The molecule has 0 aromatic heterocycles. The van der Waals surface area contributed by atoms with Gasteiger partial charge in [0.25, 0.3) is 5.91 Å². The van der Waals surface area contributed by atoms with Crippen LogP contribution in [-0.4, -0.2) is 24.4 Å². The summed E-state index contributed by atoms with van der Waals surface area (Å²) in [6, 6.07) is 13.5. The summed E-state index contributed by atoms with van der Waals surface area (Å²) in [7, 11) is 0. The van der Waals surface area contributed by atoms with Crippen molar-refractivity contribution in [2.45, 2.75) is 58.4 Å². The van der Waals surface area contributed by atoms with Crippen LogP contribution in [0.15, 0.2) is 42.5 Å². The Bertz CT molecular complexity index is 840. The molecule has 3 rings (SSSR count). The van der Waals surface area contributed by atoms with E-state index in [2.05, 4.69) is 28.9 Å². The van der Waals surface area contributed by atoms with Gasteiger partial charge in [-0.1, -0.05) is 44.4 Å². The molecule has 0 bridgehead atoms. The van der Waals surface area contributed by atoms with Crippen LogP contribution in [0.5, 0.6) is 0 Å². The maximum atomic E-state index is 12.4. The van der Waals surface area contributed by atoms with E-state index in [1.807, 2.05) is 19.1 Å². The van der Waals surface area contributed by atoms with Gasteiger partial charge in [-0.25, -0.2) is 0 Å². The van der Waals surface area contributed by atoms with Crippen LogP contribution >= 0.6 is 0 Å². The number of benzene rings is 2. The molecule has 1 aliphatic rings. The van der Waals surface area contributed by atoms with Gasteiger partial charge in [0.1, 0.15) is 0 Å². The van der Waals surface area contributed by atoms with Crippen molar-refractivity contribution in [3.8, 4) is 0 Å². The van der Waals surface area contributed by atoms with Gasteiger partial charge in [0.05, 0.1) is 6.54 Å². The molecule has 1 aliphatic carbocycles. The largest absolute Gasteiger partial charge is 0.376 e. The molecule has 1 saturated carbocycles. The molecular formula is C24H31N3O2. The first-order valence-corrected chi connectivity index (χ1v) is 10.6. The molecule has 29 heavy (non-hydrogen) atoms. The van der Waals surface area contributed by atoms with Gasteiger partial charge >= 0.3 is 0 Å². The van der Waals surface area contributed by atoms with Crippen LogP contribution in [0.1, 0.15) is 60.5 Å². The predicted molar refractivity (Wildman–Crippen MR) is 118 cm³/mol. The van der Waals surface area contributed by atoms with Crippen molar-refractivity contribution in [3.63, 3.8) is 0 Å². The second kappa shape index (κ2) is 10.1. The molecule has 0 spiro atoms. The lowest BCUT2D eigenvalue weighted by Crippen LogP contribution is -2.36. The van der Waals surface area contributed by atoms with E-state index in [0.717, 1.165) is 30.5 Å². The number of anilines is 2. The van der Waals surface area contributed by atoms with E-state index in [4.69, 9.17) is 0 Å². The van der Waals surface area contributed by atoms with E-state index in [9.17, 15) is 9.59 Å². The van der Waals surface area contributed by atoms with Crippen molar-refractivity contribution >= 4 is 23.2 Å². The maximum Gasteiger partial charge on any atom is 0.251 e. The molecular weight excluding hydrogens is 362 g/mol. The zero-order valence-corrected chi connectivity index (χ0v) is 17.4. The lowest BCUT2D eigenvalue weighted by atomic mass is 9.95. The third-order valence-corrected chi connectivity index (χ3v) is 5.54. The third-order valence-electron chi connectivity index (χ3n) is 5.54. The van der Waals surface area contributed by atoms with Crippen molar-refractivity contribution in [2.75, 3.05) is 17.2 Å². The number of rotatable bonds is 7. The number of nitrogens with one attached hydrogen (secondary N) is 3. The Balaban J connectivity index is 1.51. The molecule has 5 nitrogen and oxygen atoms in total. The van der Waals surface area contributed by atoms with Gasteiger partial charge in [0.15, 0.2) is 0 Å². The summed E-state index contributed by atoms with van der Waals surface area (Å²) in [4.78, 5) is 24.7. The smallest absolute Gasteiger partial charge is 0.251 e. The number of hydrogen-bond acceptors (Lipinski definition) is 3. The Morgan fingerprint density at radius 2 is 1.72 bits per heavy atom. The minimum absolute atomic E-state index is 0.0388. The van der Waals surface area contributed by atoms with Crippen molar-refractivity contribution < 1.29 is 9.59 Å². The molecule has 2 aromatic carbocycles. The molecule has 3 N–H and O–H groups in total. The fraction of sp³-hybridized carbons (Fsp3) is 0.417. The average molecular weight is 394 g/mol. The summed E-state index contributed by atoms with van der Waals surface area (Å²) in [5.74, 6) is -0.155. The van der Waals surface area contributed by atoms with Crippen LogP contribution in [0.4, 0.5) is 11.4 Å². The molecule has 1 fully saturated rings. The van der Waals surface area contributed by atoms with E-state index in [-0.39, 0.29) is 24.4 Å². The highest BCUT2D eigenvalue weighted by Crippen LogP contribution is 2.21. The van der Waals surface area contributed by atoms with E-state index in [1.165, 1.54) is 24.8 Å². The number of aryl methyl sites for hydroxylation is 2. The maximum absolute atomic E-state index is 12.4. The van der Waals surface area contributed by atoms with Crippen LogP contribution in [0.25, 0.3) is 0 Å². The first-order valence-electron chi connectivity index (χ1n) is 10.6. The molecule has 0 aliphatic heterocycles. The molecule has 2 amide bonds. The summed E-state index contributed by atoms with van der Waals surface area (Å²) in [5.41, 5.74) is 4.67. The average Bonchev–Trinajstić information content (AvgIpc) is 2.74. The minimum Gasteiger partial charge on any atom is -0.376 e. The quantitative estimate of drug-likeness (QED) is 0.640. The Morgan fingerprint density at radius 3 is 2.41 bits per heavy atom.